The van der Waals surface area contributed by atoms with E-state index in [1.165, 1.54) is 12.1 Å². The number of halogens is 3. The van der Waals surface area contributed by atoms with E-state index in [1.807, 2.05) is 25.1 Å². The van der Waals surface area contributed by atoms with Crippen molar-refractivity contribution in [1.82, 2.24) is 5.43 Å². The van der Waals surface area contributed by atoms with Crippen molar-refractivity contribution in [1.29, 1.82) is 0 Å². The minimum Gasteiger partial charge on any atom is -0.271 e. The Morgan fingerprint density at radius 1 is 1.10 bits per heavy atom. The van der Waals surface area contributed by atoms with Gasteiger partial charge in [-0.3, -0.25) is 11.3 Å². The highest BCUT2D eigenvalue weighted by Gasteiger charge is 2.12. The van der Waals surface area contributed by atoms with E-state index in [0.29, 0.717) is 6.42 Å². The molecule has 0 aliphatic rings. The van der Waals surface area contributed by atoms with Crippen molar-refractivity contribution in [2.75, 3.05) is 0 Å². The summed E-state index contributed by atoms with van der Waals surface area (Å²) in [7, 11) is 0. The van der Waals surface area contributed by atoms with Crippen molar-refractivity contribution in [3.05, 3.63) is 67.9 Å². The molecule has 0 amide bonds. The molecule has 0 aliphatic heterocycles. The fraction of sp³-hybridized carbons (Fsp3) is 0.200. The van der Waals surface area contributed by atoms with Gasteiger partial charge in [0.1, 0.15) is 5.82 Å². The molecule has 0 spiro atoms. The van der Waals surface area contributed by atoms with Gasteiger partial charge in [-0.15, -0.1) is 0 Å². The van der Waals surface area contributed by atoms with Crippen LogP contribution in [0.25, 0.3) is 0 Å². The number of nitrogens with one attached hydrogen (secondary N) is 1. The summed E-state index contributed by atoms with van der Waals surface area (Å²) in [5.41, 5.74) is 5.91. The lowest BCUT2D eigenvalue weighted by atomic mass is 9.98. The summed E-state index contributed by atoms with van der Waals surface area (Å²) in [5.74, 6) is 5.40. The van der Waals surface area contributed by atoms with Crippen LogP contribution in [0, 0.1) is 12.7 Å². The predicted molar refractivity (Wildman–Crippen MR) is 86.7 cm³/mol. The molecule has 1 atom stereocenters. The lowest BCUT2D eigenvalue weighted by molar-refractivity contribution is 0.548. The fourth-order valence-corrected chi connectivity index (χ4v) is 3.34. The molecular weight excluding hydrogens is 387 g/mol. The third-order valence-electron chi connectivity index (χ3n) is 3.03. The Morgan fingerprint density at radius 3 is 2.40 bits per heavy atom. The van der Waals surface area contributed by atoms with Gasteiger partial charge in [-0.1, -0.05) is 37.9 Å². The molecule has 2 rings (SSSR count). The Hall–Kier alpha value is -0.750. The Bertz CT molecular complexity index is 576. The topological polar surface area (TPSA) is 38.0 Å². The average Bonchev–Trinajstić information content (AvgIpc) is 2.33. The number of benzene rings is 2. The first-order valence-corrected chi connectivity index (χ1v) is 7.74. The molecule has 0 heterocycles. The van der Waals surface area contributed by atoms with Crippen LogP contribution in [0.4, 0.5) is 4.39 Å². The molecule has 0 radical (unpaired) electrons. The first kappa shape index (κ1) is 15.6. The van der Waals surface area contributed by atoms with Gasteiger partial charge in [0.25, 0.3) is 0 Å². The lowest BCUT2D eigenvalue weighted by Gasteiger charge is -2.18. The van der Waals surface area contributed by atoms with Crippen LogP contribution < -0.4 is 11.3 Å². The van der Waals surface area contributed by atoms with E-state index in [1.54, 1.807) is 0 Å². The standard InChI is InChI=1S/C15H15Br2FN2/c1-9-2-11(7-12(16)3-9)15(20-19)6-10-4-13(17)8-14(18)5-10/h2-5,7-8,15,20H,6,19H2,1H3. The molecule has 106 valence electrons. The van der Waals surface area contributed by atoms with E-state index in [9.17, 15) is 4.39 Å². The van der Waals surface area contributed by atoms with E-state index in [2.05, 4.69) is 43.4 Å². The largest absolute Gasteiger partial charge is 0.271 e. The number of hydrazine groups is 1. The van der Waals surface area contributed by atoms with Crippen LogP contribution in [0.3, 0.4) is 0 Å². The second-order valence-electron chi connectivity index (χ2n) is 4.76. The maximum atomic E-state index is 13.4. The number of nitrogens with two attached hydrogens (primary N) is 1. The van der Waals surface area contributed by atoms with Gasteiger partial charge in [-0.2, -0.15) is 0 Å². The first-order valence-electron chi connectivity index (χ1n) is 6.16. The quantitative estimate of drug-likeness (QED) is 0.588. The van der Waals surface area contributed by atoms with Crippen LogP contribution >= 0.6 is 31.9 Å². The zero-order valence-electron chi connectivity index (χ0n) is 11.0. The fourth-order valence-electron chi connectivity index (χ4n) is 2.20. The smallest absolute Gasteiger partial charge is 0.124 e. The van der Waals surface area contributed by atoms with E-state index in [4.69, 9.17) is 5.84 Å². The van der Waals surface area contributed by atoms with Gasteiger partial charge >= 0.3 is 0 Å². The Morgan fingerprint density at radius 2 is 1.80 bits per heavy atom. The van der Waals surface area contributed by atoms with Crippen molar-refractivity contribution in [2.45, 2.75) is 19.4 Å². The molecule has 2 aromatic rings. The summed E-state index contributed by atoms with van der Waals surface area (Å²) in [6.07, 6.45) is 0.614. The summed E-state index contributed by atoms with van der Waals surface area (Å²) >= 11 is 6.79. The third kappa shape index (κ3) is 4.12. The van der Waals surface area contributed by atoms with Gasteiger partial charge < -0.3 is 0 Å². The maximum Gasteiger partial charge on any atom is 0.124 e. The van der Waals surface area contributed by atoms with Crippen molar-refractivity contribution in [2.24, 2.45) is 5.84 Å². The van der Waals surface area contributed by atoms with Crippen molar-refractivity contribution >= 4 is 31.9 Å². The second kappa shape index (κ2) is 6.80. The van der Waals surface area contributed by atoms with Gasteiger partial charge in [0.15, 0.2) is 0 Å². The summed E-state index contributed by atoms with van der Waals surface area (Å²) in [5, 5.41) is 0. The zero-order chi connectivity index (χ0) is 14.7. The molecular formula is C15H15Br2FN2. The van der Waals surface area contributed by atoms with Gasteiger partial charge in [-0.25, -0.2) is 4.39 Å². The SMILES string of the molecule is Cc1cc(Br)cc(C(Cc2cc(F)cc(Br)c2)NN)c1. The highest BCUT2D eigenvalue weighted by molar-refractivity contribution is 9.10. The van der Waals surface area contributed by atoms with Gasteiger partial charge in [0.05, 0.1) is 6.04 Å². The van der Waals surface area contributed by atoms with Crippen LogP contribution in [0.5, 0.6) is 0 Å². The van der Waals surface area contributed by atoms with Crippen LogP contribution in [-0.4, -0.2) is 0 Å². The van der Waals surface area contributed by atoms with Crippen molar-refractivity contribution in [3.63, 3.8) is 0 Å². The van der Waals surface area contributed by atoms with Crippen molar-refractivity contribution in [3.8, 4) is 0 Å². The van der Waals surface area contributed by atoms with Crippen LogP contribution in [0.1, 0.15) is 22.7 Å². The Labute approximate surface area is 134 Å². The van der Waals surface area contributed by atoms with Gasteiger partial charge in [-0.05, 0) is 60.4 Å². The third-order valence-corrected chi connectivity index (χ3v) is 3.95. The molecule has 0 saturated carbocycles. The van der Waals surface area contributed by atoms with Crippen LogP contribution in [0.15, 0.2) is 45.3 Å². The van der Waals surface area contributed by atoms with Crippen molar-refractivity contribution < 1.29 is 4.39 Å². The lowest BCUT2D eigenvalue weighted by Crippen LogP contribution is -2.29. The Balaban J connectivity index is 2.28. The van der Waals surface area contributed by atoms with Crippen LogP contribution in [0.2, 0.25) is 0 Å². The number of hydrogen-bond donors (Lipinski definition) is 2. The van der Waals surface area contributed by atoms with E-state index in [0.717, 1.165) is 25.6 Å². The maximum absolute atomic E-state index is 13.4. The minimum absolute atomic E-state index is 0.0695. The average molecular weight is 402 g/mol. The summed E-state index contributed by atoms with van der Waals surface area (Å²) in [6, 6.07) is 10.9. The molecule has 2 aromatic carbocycles. The Kier molecular flexibility index (Phi) is 5.32. The normalized spacial score (nSPS) is 12.4. The molecule has 1 unspecified atom stereocenters. The van der Waals surface area contributed by atoms with Gasteiger partial charge in [0.2, 0.25) is 0 Å². The van der Waals surface area contributed by atoms with Crippen LogP contribution in [-0.2, 0) is 6.42 Å². The minimum atomic E-state index is -0.254. The van der Waals surface area contributed by atoms with E-state index < -0.39 is 0 Å². The monoisotopic (exact) mass is 400 g/mol. The number of rotatable bonds is 4. The summed E-state index contributed by atoms with van der Waals surface area (Å²) in [6.45, 7) is 2.03. The molecule has 20 heavy (non-hydrogen) atoms. The summed E-state index contributed by atoms with van der Waals surface area (Å²) < 4.78 is 15.2. The molecule has 5 heteroatoms. The molecule has 0 bridgehead atoms. The molecule has 0 aromatic heterocycles. The molecule has 3 N–H and O–H groups in total. The highest BCUT2D eigenvalue weighted by Crippen LogP contribution is 2.25. The second-order valence-corrected chi connectivity index (χ2v) is 6.59. The highest BCUT2D eigenvalue weighted by atomic mass is 79.9. The molecule has 0 saturated heterocycles. The van der Waals surface area contributed by atoms with Gasteiger partial charge in [0, 0.05) is 8.95 Å². The molecule has 0 aliphatic carbocycles. The molecule has 2 nitrogen and oxygen atoms in total. The number of hydrogen-bond acceptors (Lipinski definition) is 2. The summed E-state index contributed by atoms with van der Waals surface area (Å²) in [4.78, 5) is 0. The predicted octanol–water partition coefficient (Wildman–Crippen LogP) is 4.41. The van der Waals surface area contributed by atoms with E-state index in [-0.39, 0.29) is 11.9 Å². The number of aryl methyl sites for hydroxylation is 1. The van der Waals surface area contributed by atoms with E-state index >= 15 is 0 Å². The zero-order valence-corrected chi connectivity index (χ0v) is 14.1. The molecule has 0 fully saturated rings. The first-order chi connectivity index (χ1) is 9.47.